The van der Waals surface area contributed by atoms with Gasteiger partial charge in [-0.15, -0.1) is 0 Å². The molecule has 0 unspecified atom stereocenters. The van der Waals surface area contributed by atoms with E-state index in [1.165, 1.54) is 23.1 Å². The van der Waals surface area contributed by atoms with Crippen molar-refractivity contribution in [2.24, 2.45) is 0 Å². The standard InChI is InChI=1S/C20H26FN3O3/c1-22(2)10-11-24-18(26)14-20(19(24)27,15-6-5-7-16(21)12-15)13-17(25)23-8-3-4-9-23/h5-7,12H,3-4,8-11,13-14H2,1-2H3/t20-/m0/s1. The van der Waals surface area contributed by atoms with E-state index in [9.17, 15) is 18.8 Å². The zero-order valence-electron chi connectivity index (χ0n) is 15.9. The largest absolute Gasteiger partial charge is 0.343 e. The Labute approximate surface area is 158 Å². The average molecular weight is 375 g/mol. The molecular formula is C20H26FN3O3. The molecule has 2 aliphatic heterocycles. The number of hydrogen-bond donors (Lipinski definition) is 0. The van der Waals surface area contributed by atoms with Crippen LogP contribution in [0.25, 0.3) is 0 Å². The number of hydrogen-bond acceptors (Lipinski definition) is 4. The molecule has 0 aliphatic carbocycles. The predicted molar refractivity (Wildman–Crippen MR) is 98.4 cm³/mol. The Hall–Kier alpha value is -2.28. The van der Waals surface area contributed by atoms with Crippen LogP contribution < -0.4 is 0 Å². The molecule has 0 N–H and O–H groups in total. The Morgan fingerprint density at radius 2 is 1.93 bits per heavy atom. The first-order valence-corrected chi connectivity index (χ1v) is 9.37. The van der Waals surface area contributed by atoms with Crippen molar-refractivity contribution in [3.63, 3.8) is 0 Å². The molecule has 2 fully saturated rings. The lowest BCUT2D eigenvalue weighted by Gasteiger charge is -2.29. The van der Waals surface area contributed by atoms with Crippen LogP contribution in [0, 0.1) is 5.82 Å². The van der Waals surface area contributed by atoms with Crippen molar-refractivity contribution in [3.8, 4) is 0 Å². The third kappa shape index (κ3) is 3.88. The summed E-state index contributed by atoms with van der Waals surface area (Å²) < 4.78 is 13.9. The van der Waals surface area contributed by atoms with Crippen LogP contribution in [0.4, 0.5) is 4.39 Å². The smallest absolute Gasteiger partial charge is 0.240 e. The minimum Gasteiger partial charge on any atom is -0.343 e. The fraction of sp³-hybridized carbons (Fsp3) is 0.550. The van der Waals surface area contributed by atoms with E-state index in [0.29, 0.717) is 25.2 Å². The van der Waals surface area contributed by atoms with Gasteiger partial charge in [-0.3, -0.25) is 19.3 Å². The van der Waals surface area contributed by atoms with Crippen molar-refractivity contribution in [2.45, 2.75) is 31.1 Å². The Morgan fingerprint density at radius 1 is 1.22 bits per heavy atom. The van der Waals surface area contributed by atoms with E-state index in [2.05, 4.69) is 0 Å². The van der Waals surface area contributed by atoms with Crippen LogP contribution in [0.1, 0.15) is 31.2 Å². The molecule has 1 aromatic carbocycles. The summed E-state index contributed by atoms with van der Waals surface area (Å²) in [5.74, 6) is -1.33. The van der Waals surface area contributed by atoms with Gasteiger partial charge in [-0.2, -0.15) is 0 Å². The number of likely N-dealkylation sites (N-methyl/N-ethyl adjacent to an activating group) is 1. The van der Waals surface area contributed by atoms with Gasteiger partial charge in [0.25, 0.3) is 0 Å². The lowest BCUT2D eigenvalue weighted by atomic mass is 9.75. The Kier molecular flexibility index (Phi) is 5.60. The number of benzene rings is 1. The van der Waals surface area contributed by atoms with Gasteiger partial charge in [-0.25, -0.2) is 4.39 Å². The highest BCUT2D eigenvalue weighted by Gasteiger charge is 2.54. The summed E-state index contributed by atoms with van der Waals surface area (Å²) in [6.45, 7) is 2.14. The molecule has 3 amide bonds. The van der Waals surface area contributed by atoms with Crippen LogP contribution in [-0.4, -0.2) is 72.7 Å². The first-order valence-electron chi connectivity index (χ1n) is 9.37. The lowest BCUT2D eigenvalue weighted by molar-refractivity contribution is -0.142. The second-order valence-electron chi connectivity index (χ2n) is 7.69. The van der Waals surface area contributed by atoms with Crippen LogP contribution >= 0.6 is 0 Å². The van der Waals surface area contributed by atoms with Gasteiger partial charge in [0.15, 0.2) is 0 Å². The van der Waals surface area contributed by atoms with Gasteiger partial charge in [0.2, 0.25) is 17.7 Å². The van der Waals surface area contributed by atoms with Gasteiger partial charge in [0.1, 0.15) is 5.82 Å². The zero-order valence-corrected chi connectivity index (χ0v) is 15.9. The van der Waals surface area contributed by atoms with Crippen molar-refractivity contribution in [2.75, 3.05) is 40.3 Å². The molecule has 6 nitrogen and oxygen atoms in total. The van der Waals surface area contributed by atoms with E-state index in [1.807, 2.05) is 19.0 Å². The molecule has 0 saturated carbocycles. The number of halogens is 1. The summed E-state index contributed by atoms with van der Waals surface area (Å²) >= 11 is 0. The van der Waals surface area contributed by atoms with Gasteiger partial charge in [0, 0.05) is 39.0 Å². The van der Waals surface area contributed by atoms with Crippen LogP contribution in [0.3, 0.4) is 0 Å². The summed E-state index contributed by atoms with van der Waals surface area (Å²) in [7, 11) is 3.73. The quantitative estimate of drug-likeness (QED) is 0.705. The second-order valence-corrected chi connectivity index (χ2v) is 7.69. The lowest BCUT2D eigenvalue weighted by Crippen LogP contribution is -2.44. The topological polar surface area (TPSA) is 60.9 Å². The number of imide groups is 1. The minimum atomic E-state index is -1.31. The van der Waals surface area contributed by atoms with Gasteiger partial charge < -0.3 is 9.80 Å². The van der Waals surface area contributed by atoms with Crippen molar-refractivity contribution in [1.29, 1.82) is 0 Å². The fourth-order valence-electron chi connectivity index (χ4n) is 3.92. The molecule has 1 aromatic rings. The summed E-state index contributed by atoms with van der Waals surface area (Å²) in [5, 5.41) is 0. The molecule has 0 spiro atoms. The highest BCUT2D eigenvalue weighted by molar-refractivity contribution is 6.10. The maximum atomic E-state index is 13.9. The molecule has 0 bridgehead atoms. The molecule has 7 heteroatoms. The molecule has 0 aromatic heterocycles. The maximum absolute atomic E-state index is 13.9. The zero-order chi connectivity index (χ0) is 19.6. The third-order valence-electron chi connectivity index (χ3n) is 5.47. The van der Waals surface area contributed by atoms with Crippen LogP contribution in [0.15, 0.2) is 24.3 Å². The minimum absolute atomic E-state index is 0.0949. The predicted octanol–water partition coefficient (Wildman–Crippen LogP) is 1.40. The van der Waals surface area contributed by atoms with E-state index in [0.717, 1.165) is 12.8 Å². The van der Waals surface area contributed by atoms with Crippen molar-refractivity contribution in [1.82, 2.24) is 14.7 Å². The van der Waals surface area contributed by atoms with E-state index in [-0.39, 0.29) is 31.2 Å². The van der Waals surface area contributed by atoms with Gasteiger partial charge in [-0.05, 0) is 44.6 Å². The molecular weight excluding hydrogens is 349 g/mol. The summed E-state index contributed by atoms with van der Waals surface area (Å²) in [6, 6.07) is 5.73. The first-order chi connectivity index (χ1) is 12.8. The second kappa shape index (κ2) is 7.76. The van der Waals surface area contributed by atoms with Crippen LogP contribution in [-0.2, 0) is 19.8 Å². The number of carbonyl (C=O) groups excluding carboxylic acids is 3. The highest BCUT2D eigenvalue weighted by Crippen LogP contribution is 2.40. The van der Waals surface area contributed by atoms with Crippen LogP contribution in [0.2, 0.25) is 0 Å². The summed E-state index contributed by atoms with van der Waals surface area (Å²) in [4.78, 5) is 43.6. The number of likely N-dealkylation sites (tertiary alicyclic amines) is 2. The first kappa shape index (κ1) is 19.5. The average Bonchev–Trinajstić information content (AvgIpc) is 3.22. The molecule has 27 heavy (non-hydrogen) atoms. The van der Waals surface area contributed by atoms with Crippen molar-refractivity contribution in [3.05, 3.63) is 35.6 Å². The SMILES string of the molecule is CN(C)CCN1C(=O)C[C@@](CC(=O)N2CCCC2)(c2cccc(F)c2)C1=O. The number of amides is 3. The van der Waals surface area contributed by atoms with Crippen molar-refractivity contribution >= 4 is 17.7 Å². The normalized spacial score (nSPS) is 23.0. The Balaban J connectivity index is 1.94. The van der Waals surface area contributed by atoms with E-state index in [4.69, 9.17) is 0 Å². The molecule has 2 saturated heterocycles. The van der Waals surface area contributed by atoms with E-state index >= 15 is 0 Å². The Morgan fingerprint density at radius 3 is 2.56 bits per heavy atom. The van der Waals surface area contributed by atoms with Gasteiger partial charge >= 0.3 is 0 Å². The Bertz CT molecular complexity index is 746. The molecule has 1 atom stereocenters. The number of nitrogens with zero attached hydrogens (tertiary/aromatic N) is 3. The number of rotatable bonds is 6. The van der Waals surface area contributed by atoms with Gasteiger partial charge in [0.05, 0.1) is 5.41 Å². The molecule has 0 radical (unpaired) electrons. The molecule has 2 aliphatic rings. The third-order valence-corrected chi connectivity index (χ3v) is 5.47. The van der Waals surface area contributed by atoms with Crippen molar-refractivity contribution < 1.29 is 18.8 Å². The summed E-state index contributed by atoms with van der Waals surface area (Å²) in [5.41, 5.74) is -0.911. The highest BCUT2D eigenvalue weighted by atomic mass is 19.1. The maximum Gasteiger partial charge on any atom is 0.240 e. The van der Waals surface area contributed by atoms with Crippen LogP contribution in [0.5, 0.6) is 0 Å². The summed E-state index contributed by atoms with van der Waals surface area (Å²) in [6.07, 6.45) is 1.70. The van der Waals surface area contributed by atoms with E-state index in [1.54, 1.807) is 11.0 Å². The van der Waals surface area contributed by atoms with E-state index < -0.39 is 17.1 Å². The molecule has 146 valence electrons. The van der Waals surface area contributed by atoms with Gasteiger partial charge in [-0.1, -0.05) is 12.1 Å². The number of carbonyl (C=O) groups is 3. The molecule has 3 rings (SSSR count). The molecule has 2 heterocycles. The monoisotopic (exact) mass is 375 g/mol. The fourth-order valence-corrected chi connectivity index (χ4v) is 3.92.